The van der Waals surface area contributed by atoms with E-state index < -0.39 is 10.0 Å². The Morgan fingerprint density at radius 2 is 1.62 bits per heavy atom. The number of sulfonamides is 1. The fraction of sp³-hybridized carbons (Fsp3) is 0.667. The Hall–Kier alpha value is -1.48. The van der Waals surface area contributed by atoms with Crippen LogP contribution in [0, 0.1) is 0 Å². The quantitative estimate of drug-likeness (QED) is 0.735. The fourth-order valence-electron chi connectivity index (χ4n) is 3.95. The number of carbonyl (C=O) groups excluding carboxylic acids is 1. The van der Waals surface area contributed by atoms with Crippen molar-refractivity contribution >= 4 is 21.6 Å². The Balaban J connectivity index is 1.55. The number of hydrogen-bond acceptors (Lipinski definition) is 5. The van der Waals surface area contributed by atoms with Gasteiger partial charge in [0.25, 0.3) is 0 Å². The Kier molecular flexibility index (Phi) is 8.06. The molecular weight excluding hydrogens is 390 g/mol. The van der Waals surface area contributed by atoms with Gasteiger partial charge in [0.2, 0.25) is 15.9 Å². The lowest BCUT2D eigenvalue weighted by atomic mass is 9.96. The van der Waals surface area contributed by atoms with Crippen molar-refractivity contribution in [1.82, 2.24) is 9.62 Å². The van der Waals surface area contributed by atoms with E-state index in [1.165, 1.54) is 36.4 Å². The summed E-state index contributed by atoms with van der Waals surface area (Å²) in [5.41, 5.74) is 0.599. The molecule has 0 bridgehead atoms. The third-order valence-electron chi connectivity index (χ3n) is 5.71. The predicted octanol–water partition coefficient (Wildman–Crippen LogP) is 2.74. The van der Waals surface area contributed by atoms with Crippen LogP contribution in [-0.4, -0.2) is 57.0 Å². The third kappa shape index (κ3) is 6.25. The minimum Gasteiger partial charge on any atom is -0.379 e. The molecule has 7 nitrogen and oxygen atoms in total. The molecule has 162 valence electrons. The van der Waals surface area contributed by atoms with Gasteiger partial charge in [0.1, 0.15) is 0 Å². The van der Waals surface area contributed by atoms with E-state index in [4.69, 9.17) is 4.74 Å². The van der Waals surface area contributed by atoms with Gasteiger partial charge in [-0.05, 0) is 44.0 Å². The molecule has 1 aliphatic heterocycles. The van der Waals surface area contributed by atoms with Crippen molar-refractivity contribution in [3.05, 3.63) is 24.3 Å². The Bertz CT molecular complexity index is 753. The summed E-state index contributed by atoms with van der Waals surface area (Å²) in [6, 6.07) is 6.48. The van der Waals surface area contributed by atoms with E-state index in [1.807, 2.05) is 6.92 Å². The minimum atomic E-state index is -3.52. The monoisotopic (exact) mass is 423 g/mol. The van der Waals surface area contributed by atoms with Crippen LogP contribution in [0.3, 0.4) is 0 Å². The normalized spacial score (nSPS) is 21.1. The molecule has 0 aromatic heterocycles. The molecule has 1 atom stereocenters. The van der Waals surface area contributed by atoms with E-state index in [2.05, 4.69) is 10.6 Å². The van der Waals surface area contributed by atoms with Gasteiger partial charge >= 0.3 is 0 Å². The summed E-state index contributed by atoms with van der Waals surface area (Å²) < 4.78 is 32.0. The van der Waals surface area contributed by atoms with Gasteiger partial charge in [0, 0.05) is 24.8 Å². The second kappa shape index (κ2) is 10.5. The predicted molar refractivity (Wildman–Crippen MR) is 113 cm³/mol. The van der Waals surface area contributed by atoms with Crippen LogP contribution in [0.2, 0.25) is 0 Å². The van der Waals surface area contributed by atoms with Crippen LogP contribution >= 0.6 is 0 Å². The Morgan fingerprint density at radius 3 is 2.24 bits per heavy atom. The lowest BCUT2D eigenvalue weighted by Gasteiger charge is -2.26. The summed E-state index contributed by atoms with van der Waals surface area (Å²) in [6.45, 7) is 3.44. The average Bonchev–Trinajstić information content (AvgIpc) is 2.71. The molecule has 2 N–H and O–H groups in total. The van der Waals surface area contributed by atoms with Gasteiger partial charge in [-0.2, -0.15) is 4.31 Å². The molecular formula is C21H33N3O4S. The summed E-state index contributed by atoms with van der Waals surface area (Å²) >= 11 is 0. The van der Waals surface area contributed by atoms with Gasteiger partial charge < -0.3 is 15.4 Å². The number of rotatable bonds is 6. The first-order chi connectivity index (χ1) is 14.0. The van der Waals surface area contributed by atoms with E-state index in [1.54, 1.807) is 24.3 Å². The third-order valence-corrected chi connectivity index (χ3v) is 7.63. The van der Waals surface area contributed by atoms with Gasteiger partial charge in [0.15, 0.2) is 0 Å². The first-order valence-corrected chi connectivity index (χ1v) is 12.2. The van der Waals surface area contributed by atoms with Crippen LogP contribution < -0.4 is 10.6 Å². The maximum absolute atomic E-state index is 12.7. The van der Waals surface area contributed by atoms with Crippen LogP contribution in [0.1, 0.15) is 51.9 Å². The van der Waals surface area contributed by atoms with Crippen molar-refractivity contribution < 1.29 is 17.9 Å². The number of nitrogens with zero attached hydrogens (tertiary/aromatic N) is 1. The van der Waals surface area contributed by atoms with Gasteiger partial charge in [-0.25, -0.2) is 8.42 Å². The molecule has 3 rings (SSSR count). The number of hydrogen-bond donors (Lipinski definition) is 2. The smallest absolute Gasteiger partial charge is 0.243 e. The number of anilines is 1. The number of nitrogens with one attached hydrogen (secondary N) is 2. The van der Waals surface area contributed by atoms with Gasteiger partial charge in [0.05, 0.1) is 24.2 Å². The molecule has 1 aliphatic carbocycles. The molecule has 1 aromatic rings. The van der Waals surface area contributed by atoms with Crippen LogP contribution in [0.15, 0.2) is 29.2 Å². The zero-order valence-electron chi connectivity index (χ0n) is 17.2. The van der Waals surface area contributed by atoms with E-state index in [0.717, 1.165) is 12.8 Å². The van der Waals surface area contributed by atoms with Crippen LogP contribution in [0.5, 0.6) is 0 Å². The standard InChI is InChI=1S/C21H33N3O4S/c1-17(22-18-7-5-3-2-4-6-8-18)21(25)23-19-9-11-20(12-10-19)29(26,27)24-13-15-28-16-14-24/h9-12,17-18,22H,2-8,13-16H2,1H3,(H,23,25)/t17-/m0/s1. The number of amides is 1. The largest absolute Gasteiger partial charge is 0.379 e. The summed E-state index contributed by atoms with van der Waals surface area (Å²) in [7, 11) is -3.52. The maximum atomic E-state index is 12.7. The van der Waals surface area contributed by atoms with Crippen molar-refractivity contribution in [2.75, 3.05) is 31.6 Å². The van der Waals surface area contributed by atoms with Crippen molar-refractivity contribution in [1.29, 1.82) is 0 Å². The number of carbonyl (C=O) groups is 1. The van der Waals surface area contributed by atoms with E-state index >= 15 is 0 Å². The first kappa shape index (κ1) is 22.2. The molecule has 1 saturated carbocycles. The second-order valence-corrected chi connectivity index (χ2v) is 9.90. The second-order valence-electron chi connectivity index (χ2n) is 7.96. The molecule has 1 amide bonds. The lowest BCUT2D eigenvalue weighted by Crippen LogP contribution is -2.44. The van der Waals surface area contributed by atoms with Gasteiger partial charge in [-0.1, -0.05) is 32.1 Å². The van der Waals surface area contributed by atoms with Crippen LogP contribution in [-0.2, 0) is 19.6 Å². The number of ether oxygens (including phenoxy) is 1. The highest BCUT2D eigenvalue weighted by Gasteiger charge is 2.26. The van der Waals surface area contributed by atoms with Gasteiger partial charge in [-0.15, -0.1) is 0 Å². The highest BCUT2D eigenvalue weighted by molar-refractivity contribution is 7.89. The van der Waals surface area contributed by atoms with Crippen molar-refractivity contribution in [2.45, 2.75) is 68.8 Å². The lowest BCUT2D eigenvalue weighted by molar-refractivity contribution is -0.118. The summed E-state index contributed by atoms with van der Waals surface area (Å²) in [6.07, 6.45) is 8.53. The zero-order chi connectivity index (χ0) is 20.7. The Labute approximate surface area is 174 Å². The minimum absolute atomic E-state index is 0.101. The molecule has 0 spiro atoms. The first-order valence-electron chi connectivity index (χ1n) is 10.7. The van der Waals surface area contributed by atoms with Crippen molar-refractivity contribution in [2.24, 2.45) is 0 Å². The molecule has 0 unspecified atom stereocenters. The molecule has 1 aromatic carbocycles. The average molecular weight is 424 g/mol. The topological polar surface area (TPSA) is 87.7 Å². The van der Waals surface area contributed by atoms with Crippen LogP contribution in [0.4, 0.5) is 5.69 Å². The van der Waals surface area contributed by atoms with Gasteiger partial charge in [-0.3, -0.25) is 4.79 Å². The summed E-state index contributed by atoms with van der Waals surface area (Å²) in [5, 5.41) is 6.35. The molecule has 29 heavy (non-hydrogen) atoms. The molecule has 1 saturated heterocycles. The summed E-state index contributed by atoms with van der Waals surface area (Å²) in [5.74, 6) is -0.101. The zero-order valence-corrected chi connectivity index (χ0v) is 18.0. The van der Waals surface area contributed by atoms with Crippen molar-refractivity contribution in [3.63, 3.8) is 0 Å². The fourth-order valence-corrected chi connectivity index (χ4v) is 5.36. The SMILES string of the molecule is C[C@H](NC1CCCCCCC1)C(=O)Nc1ccc(S(=O)(=O)N2CCOCC2)cc1. The molecule has 8 heteroatoms. The molecule has 2 fully saturated rings. The van der Waals surface area contributed by atoms with E-state index in [9.17, 15) is 13.2 Å². The molecule has 1 heterocycles. The highest BCUT2D eigenvalue weighted by atomic mass is 32.2. The van der Waals surface area contributed by atoms with Crippen LogP contribution in [0.25, 0.3) is 0 Å². The molecule has 0 radical (unpaired) electrons. The highest BCUT2D eigenvalue weighted by Crippen LogP contribution is 2.20. The number of benzene rings is 1. The number of morpholine rings is 1. The molecule has 2 aliphatic rings. The maximum Gasteiger partial charge on any atom is 0.243 e. The Morgan fingerprint density at radius 1 is 1.03 bits per heavy atom. The summed E-state index contributed by atoms with van der Waals surface area (Å²) in [4.78, 5) is 12.8. The van der Waals surface area contributed by atoms with Crippen molar-refractivity contribution in [3.8, 4) is 0 Å². The van der Waals surface area contributed by atoms with E-state index in [-0.39, 0.29) is 16.8 Å². The van der Waals surface area contributed by atoms with E-state index in [0.29, 0.717) is 38.0 Å².